The number of benzene rings is 1. The normalized spacial score (nSPS) is 10.2. The Hall–Kier alpha value is -2.24. The average molecular weight is 208 g/mol. The van der Waals surface area contributed by atoms with Gasteiger partial charge in [-0.1, -0.05) is 17.3 Å². The Bertz CT molecular complexity index is 414. The maximum atomic E-state index is 10.4. The summed E-state index contributed by atoms with van der Waals surface area (Å²) >= 11 is 0. The highest BCUT2D eigenvalue weighted by atomic mass is 16.7. The molecule has 15 heavy (non-hydrogen) atoms. The van der Waals surface area contributed by atoms with Gasteiger partial charge in [-0.05, 0) is 0 Å². The third kappa shape index (κ3) is 3.55. The minimum atomic E-state index is -0.545. The Kier molecular flexibility index (Phi) is 3.50. The van der Waals surface area contributed by atoms with Crippen LogP contribution in [0.2, 0.25) is 0 Å². The number of nitrogens with zero attached hydrogens (tertiary/aromatic N) is 2. The van der Waals surface area contributed by atoms with E-state index in [4.69, 9.17) is 0 Å². The summed E-state index contributed by atoms with van der Waals surface area (Å²) in [5.74, 6) is -0.545. The molecule has 0 saturated heterocycles. The van der Waals surface area contributed by atoms with Crippen molar-refractivity contribution in [3.63, 3.8) is 0 Å². The Labute approximate surface area is 85.3 Å². The summed E-state index contributed by atoms with van der Waals surface area (Å²) in [6, 6.07) is 5.82. The average Bonchev–Trinajstić information content (AvgIpc) is 2.17. The second-order valence-corrected chi connectivity index (χ2v) is 2.67. The molecule has 0 N–H and O–H groups in total. The van der Waals surface area contributed by atoms with E-state index in [0.717, 1.165) is 0 Å². The lowest BCUT2D eigenvalue weighted by atomic mass is 10.2. The number of hydrogen-bond acceptors (Lipinski definition) is 5. The first-order valence-electron chi connectivity index (χ1n) is 4.05. The topological polar surface area (TPSA) is 81.8 Å². The molecule has 1 rings (SSSR count). The number of nitro groups is 1. The van der Waals surface area contributed by atoms with E-state index in [0.29, 0.717) is 5.56 Å². The highest BCUT2D eigenvalue weighted by Crippen LogP contribution is 2.11. The van der Waals surface area contributed by atoms with Crippen LogP contribution in [0.3, 0.4) is 0 Å². The number of carbonyl (C=O) groups excluding carboxylic acids is 1. The van der Waals surface area contributed by atoms with Crippen molar-refractivity contribution >= 4 is 17.9 Å². The summed E-state index contributed by atoms with van der Waals surface area (Å²) in [7, 11) is 0. The van der Waals surface area contributed by atoms with Crippen molar-refractivity contribution < 1.29 is 14.6 Å². The zero-order valence-electron chi connectivity index (χ0n) is 7.91. The van der Waals surface area contributed by atoms with Crippen LogP contribution in [-0.4, -0.2) is 17.1 Å². The van der Waals surface area contributed by atoms with Crippen molar-refractivity contribution in [2.45, 2.75) is 6.92 Å². The third-order valence-corrected chi connectivity index (χ3v) is 1.46. The van der Waals surface area contributed by atoms with Crippen molar-refractivity contribution in [1.29, 1.82) is 0 Å². The summed E-state index contributed by atoms with van der Waals surface area (Å²) in [4.78, 5) is 24.6. The molecule has 0 aliphatic rings. The Morgan fingerprint density at radius 1 is 1.60 bits per heavy atom. The fourth-order valence-corrected chi connectivity index (χ4v) is 0.880. The smallest absolute Gasteiger partial charge is 0.319 e. The van der Waals surface area contributed by atoms with Gasteiger partial charge >= 0.3 is 5.97 Å². The molecule has 0 heterocycles. The molecule has 0 fully saturated rings. The van der Waals surface area contributed by atoms with Gasteiger partial charge in [0, 0.05) is 24.6 Å². The largest absolute Gasteiger partial charge is 0.331 e. The molecular weight excluding hydrogens is 200 g/mol. The van der Waals surface area contributed by atoms with Crippen LogP contribution in [0.5, 0.6) is 0 Å². The first-order chi connectivity index (χ1) is 7.09. The predicted octanol–water partition coefficient (Wildman–Crippen LogP) is 1.49. The van der Waals surface area contributed by atoms with E-state index in [1.807, 2.05) is 0 Å². The summed E-state index contributed by atoms with van der Waals surface area (Å²) in [5.41, 5.74) is 0.451. The highest BCUT2D eigenvalue weighted by molar-refractivity contribution is 5.80. The lowest BCUT2D eigenvalue weighted by molar-refractivity contribution is -0.384. The zero-order chi connectivity index (χ0) is 11.3. The van der Waals surface area contributed by atoms with Crippen molar-refractivity contribution in [2.75, 3.05) is 0 Å². The van der Waals surface area contributed by atoms with Gasteiger partial charge in [0.1, 0.15) is 0 Å². The second kappa shape index (κ2) is 4.85. The number of non-ortho nitro benzene ring substituents is 1. The molecule has 0 aliphatic carbocycles. The van der Waals surface area contributed by atoms with Crippen molar-refractivity contribution in [2.24, 2.45) is 5.16 Å². The van der Waals surface area contributed by atoms with Crippen LogP contribution in [0.4, 0.5) is 5.69 Å². The van der Waals surface area contributed by atoms with Crippen molar-refractivity contribution in [3.05, 3.63) is 39.9 Å². The monoisotopic (exact) mass is 208 g/mol. The summed E-state index contributed by atoms with van der Waals surface area (Å²) in [6.45, 7) is 1.21. The molecule has 78 valence electrons. The number of nitro benzene ring substituents is 1. The van der Waals surface area contributed by atoms with Crippen LogP contribution < -0.4 is 0 Å². The lowest BCUT2D eigenvalue weighted by Crippen LogP contribution is -1.93. The van der Waals surface area contributed by atoms with Crippen LogP contribution in [0.25, 0.3) is 0 Å². The molecule has 6 heteroatoms. The van der Waals surface area contributed by atoms with Crippen molar-refractivity contribution in [1.82, 2.24) is 0 Å². The standard InChI is InChI=1S/C9H8N2O4/c1-7(12)15-10-6-8-3-2-4-9(5-8)11(13)14/h2-6H,1H3/b10-6+. The Morgan fingerprint density at radius 2 is 2.33 bits per heavy atom. The number of carbonyl (C=O) groups is 1. The van der Waals surface area contributed by atoms with Gasteiger partial charge < -0.3 is 4.84 Å². The Balaban J connectivity index is 2.78. The summed E-state index contributed by atoms with van der Waals surface area (Å²) in [5, 5.41) is 13.8. The van der Waals surface area contributed by atoms with Gasteiger partial charge in [-0.15, -0.1) is 0 Å². The molecule has 0 bridgehead atoms. The number of oxime groups is 1. The first-order valence-corrected chi connectivity index (χ1v) is 4.05. The molecule has 0 aromatic heterocycles. The van der Waals surface area contributed by atoms with Crippen LogP contribution in [0, 0.1) is 10.1 Å². The van der Waals surface area contributed by atoms with Gasteiger partial charge in [0.15, 0.2) is 0 Å². The van der Waals surface area contributed by atoms with E-state index in [1.165, 1.54) is 31.3 Å². The number of rotatable bonds is 3. The van der Waals surface area contributed by atoms with Gasteiger partial charge in [0.2, 0.25) is 0 Å². The van der Waals surface area contributed by atoms with Crippen LogP contribution >= 0.6 is 0 Å². The van der Waals surface area contributed by atoms with Crippen LogP contribution in [0.1, 0.15) is 12.5 Å². The third-order valence-electron chi connectivity index (χ3n) is 1.46. The van der Waals surface area contributed by atoms with Crippen LogP contribution in [0.15, 0.2) is 29.4 Å². The SMILES string of the molecule is CC(=O)O/N=C/c1cccc([N+](=O)[O-])c1. The molecule has 0 radical (unpaired) electrons. The zero-order valence-corrected chi connectivity index (χ0v) is 7.91. The van der Waals surface area contributed by atoms with Crippen LogP contribution in [-0.2, 0) is 9.63 Å². The quantitative estimate of drug-likeness (QED) is 0.326. The van der Waals surface area contributed by atoms with Gasteiger partial charge in [0.05, 0.1) is 11.1 Å². The Morgan fingerprint density at radius 3 is 2.93 bits per heavy atom. The molecule has 6 nitrogen and oxygen atoms in total. The highest BCUT2D eigenvalue weighted by Gasteiger charge is 2.03. The maximum absolute atomic E-state index is 10.4. The first kappa shape index (κ1) is 10.8. The maximum Gasteiger partial charge on any atom is 0.331 e. The molecule has 0 spiro atoms. The molecule has 1 aromatic carbocycles. The van der Waals surface area contributed by atoms with Gasteiger partial charge in [-0.2, -0.15) is 0 Å². The molecule has 0 amide bonds. The molecule has 0 saturated carbocycles. The van der Waals surface area contributed by atoms with Crippen molar-refractivity contribution in [3.8, 4) is 0 Å². The number of hydrogen-bond donors (Lipinski definition) is 0. The minimum Gasteiger partial charge on any atom is -0.319 e. The van der Waals surface area contributed by atoms with Gasteiger partial charge in [0.25, 0.3) is 5.69 Å². The van der Waals surface area contributed by atoms with E-state index in [1.54, 1.807) is 6.07 Å². The predicted molar refractivity (Wildman–Crippen MR) is 52.5 cm³/mol. The summed E-state index contributed by atoms with van der Waals surface area (Å²) in [6.07, 6.45) is 1.23. The van der Waals surface area contributed by atoms with Gasteiger partial charge in [-0.25, -0.2) is 4.79 Å². The van der Waals surface area contributed by atoms with E-state index in [9.17, 15) is 14.9 Å². The van der Waals surface area contributed by atoms with E-state index < -0.39 is 10.9 Å². The summed E-state index contributed by atoms with van der Waals surface area (Å²) < 4.78 is 0. The molecule has 0 aliphatic heterocycles. The molecular formula is C9H8N2O4. The van der Waals surface area contributed by atoms with Gasteiger partial charge in [-0.3, -0.25) is 10.1 Å². The van der Waals surface area contributed by atoms with E-state index >= 15 is 0 Å². The fraction of sp³-hybridized carbons (Fsp3) is 0.111. The van der Waals surface area contributed by atoms with E-state index in [2.05, 4.69) is 9.99 Å². The van der Waals surface area contributed by atoms with E-state index in [-0.39, 0.29) is 5.69 Å². The fourth-order valence-electron chi connectivity index (χ4n) is 0.880. The molecule has 0 unspecified atom stereocenters. The lowest BCUT2D eigenvalue weighted by Gasteiger charge is -1.93. The molecule has 0 atom stereocenters. The second-order valence-electron chi connectivity index (χ2n) is 2.67. The minimum absolute atomic E-state index is 0.0400. The molecule has 1 aromatic rings.